The lowest BCUT2D eigenvalue weighted by Gasteiger charge is -2.40. The number of aromatic nitrogens is 1. The number of likely N-dealkylation sites (N-methyl/N-ethyl adjacent to an activating group) is 1. The maximum Gasteiger partial charge on any atom is 0.295 e. The minimum atomic E-state index is -0.585. The number of ketones is 1. The van der Waals surface area contributed by atoms with Crippen LogP contribution in [0, 0.1) is 5.82 Å². The summed E-state index contributed by atoms with van der Waals surface area (Å²) in [6.45, 7) is 6.67. The van der Waals surface area contributed by atoms with Crippen molar-refractivity contribution in [1.29, 1.82) is 0 Å². The largest absolute Gasteiger partial charge is 0.360 e. The molecular formula is C27H31FN4O3S. The molecular weight excluding hydrogens is 479 g/mol. The fourth-order valence-electron chi connectivity index (χ4n) is 4.50. The summed E-state index contributed by atoms with van der Waals surface area (Å²) in [5.41, 5.74) is 2.53. The molecule has 2 amide bonds. The maximum atomic E-state index is 13.5. The normalized spacial score (nSPS) is 16.3. The Hall–Kier alpha value is -3.17. The third-order valence-corrected chi connectivity index (χ3v) is 7.47. The number of hydrogen-bond donors (Lipinski definition) is 1. The van der Waals surface area contributed by atoms with Crippen LogP contribution in [0.3, 0.4) is 0 Å². The Morgan fingerprint density at radius 1 is 1.14 bits per heavy atom. The van der Waals surface area contributed by atoms with Crippen LogP contribution in [0.5, 0.6) is 0 Å². The fourth-order valence-corrected chi connectivity index (χ4v) is 5.08. The number of piperazine rings is 1. The first-order valence-corrected chi connectivity index (χ1v) is 13.2. The molecule has 190 valence electrons. The number of benzene rings is 2. The van der Waals surface area contributed by atoms with Gasteiger partial charge >= 0.3 is 0 Å². The topological polar surface area (TPSA) is 76.7 Å². The van der Waals surface area contributed by atoms with Crippen molar-refractivity contribution in [2.75, 3.05) is 38.3 Å². The molecule has 4 rings (SSSR count). The number of hydrogen-bond acceptors (Lipinski definition) is 5. The molecule has 0 spiro atoms. The minimum absolute atomic E-state index is 0.0206. The highest BCUT2D eigenvalue weighted by atomic mass is 32.2. The van der Waals surface area contributed by atoms with Crippen LogP contribution in [0.15, 0.2) is 48.7 Å². The molecule has 1 aromatic heterocycles. The molecule has 0 unspecified atom stereocenters. The van der Waals surface area contributed by atoms with E-state index in [2.05, 4.69) is 9.88 Å². The summed E-state index contributed by atoms with van der Waals surface area (Å²) in [5.74, 6) is -0.211. The average molecular weight is 511 g/mol. The zero-order chi connectivity index (χ0) is 25.8. The Morgan fingerprint density at radius 2 is 1.89 bits per heavy atom. The second-order valence-electron chi connectivity index (χ2n) is 9.13. The third-order valence-electron chi connectivity index (χ3n) is 6.50. The van der Waals surface area contributed by atoms with Crippen LogP contribution < -0.4 is 0 Å². The predicted molar refractivity (Wildman–Crippen MR) is 141 cm³/mol. The minimum Gasteiger partial charge on any atom is -0.360 e. The van der Waals surface area contributed by atoms with Gasteiger partial charge in [-0.3, -0.25) is 19.3 Å². The molecule has 1 N–H and O–H groups in total. The van der Waals surface area contributed by atoms with Crippen molar-refractivity contribution in [3.05, 3.63) is 71.2 Å². The van der Waals surface area contributed by atoms with Crippen LogP contribution in [-0.2, 0) is 11.3 Å². The van der Waals surface area contributed by atoms with Gasteiger partial charge in [-0.1, -0.05) is 19.1 Å². The highest BCUT2D eigenvalue weighted by Crippen LogP contribution is 2.24. The smallest absolute Gasteiger partial charge is 0.295 e. The van der Waals surface area contributed by atoms with Crippen molar-refractivity contribution in [2.24, 2.45) is 0 Å². The lowest BCUT2D eigenvalue weighted by molar-refractivity contribution is -0.124. The van der Waals surface area contributed by atoms with E-state index in [1.807, 2.05) is 18.7 Å². The van der Waals surface area contributed by atoms with E-state index in [-0.39, 0.29) is 23.3 Å². The quantitative estimate of drug-likeness (QED) is 0.282. The lowest BCUT2D eigenvalue weighted by Crippen LogP contribution is -2.53. The number of amides is 2. The molecule has 1 atom stereocenters. The molecule has 0 bridgehead atoms. The van der Waals surface area contributed by atoms with E-state index in [4.69, 9.17) is 0 Å². The SMILES string of the molecule is CCSCN(C)C(=O)C(=O)c1ccc2[nH]cc(C(=O)N3CCN(Cc4ccc(F)cc4)C[C@H]3C)c2c1. The van der Waals surface area contributed by atoms with Crippen LogP contribution in [0.1, 0.15) is 40.1 Å². The number of Topliss-reactive ketones (excluding diaryl/α,β-unsaturated/α-hetero) is 1. The Labute approximate surface area is 214 Å². The van der Waals surface area contributed by atoms with Gasteiger partial charge in [0.05, 0.1) is 11.4 Å². The number of fused-ring (bicyclic) bond motifs is 1. The number of aromatic amines is 1. The van der Waals surface area contributed by atoms with Crippen molar-refractivity contribution < 1.29 is 18.8 Å². The van der Waals surface area contributed by atoms with Crippen molar-refractivity contribution in [2.45, 2.75) is 26.4 Å². The van der Waals surface area contributed by atoms with Gasteiger partial charge in [0.25, 0.3) is 11.8 Å². The molecule has 1 saturated heterocycles. The van der Waals surface area contributed by atoms with Gasteiger partial charge in [-0.2, -0.15) is 0 Å². The van der Waals surface area contributed by atoms with Gasteiger partial charge in [0.15, 0.2) is 0 Å². The predicted octanol–water partition coefficient (Wildman–Crippen LogP) is 4.01. The van der Waals surface area contributed by atoms with E-state index >= 15 is 0 Å². The highest BCUT2D eigenvalue weighted by molar-refractivity contribution is 7.99. The molecule has 7 nitrogen and oxygen atoms in total. The molecule has 9 heteroatoms. The zero-order valence-corrected chi connectivity index (χ0v) is 21.6. The molecule has 2 aromatic carbocycles. The first kappa shape index (κ1) is 25.9. The van der Waals surface area contributed by atoms with Crippen molar-refractivity contribution >= 4 is 40.3 Å². The van der Waals surface area contributed by atoms with Gasteiger partial charge < -0.3 is 14.8 Å². The summed E-state index contributed by atoms with van der Waals surface area (Å²) >= 11 is 1.56. The van der Waals surface area contributed by atoms with E-state index in [0.717, 1.165) is 16.8 Å². The van der Waals surface area contributed by atoms with Gasteiger partial charge in [-0.25, -0.2) is 4.39 Å². The summed E-state index contributed by atoms with van der Waals surface area (Å²) in [7, 11) is 1.61. The number of carbonyl (C=O) groups is 3. The second kappa shape index (κ2) is 11.3. The summed E-state index contributed by atoms with van der Waals surface area (Å²) in [4.78, 5) is 47.5. The Morgan fingerprint density at radius 3 is 2.58 bits per heavy atom. The monoisotopic (exact) mass is 510 g/mol. The summed E-state index contributed by atoms with van der Waals surface area (Å²) in [5, 5.41) is 0.630. The van der Waals surface area contributed by atoms with E-state index in [0.29, 0.717) is 43.0 Å². The molecule has 0 radical (unpaired) electrons. The van der Waals surface area contributed by atoms with Gasteiger partial charge in [0, 0.05) is 61.9 Å². The third kappa shape index (κ3) is 5.63. The summed E-state index contributed by atoms with van der Waals surface area (Å²) < 4.78 is 13.2. The van der Waals surface area contributed by atoms with Crippen LogP contribution in [0.2, 0.25) is 0 Å². The molecule has 3 aromatic rings. The second-order valence-corrected chi connectivity index (χ2v) is 10.4. The fraction of sp³-hybridized carbons (Fsp3) is 0.370. The van der Waals surface area contributed by atoms with Crippen molar-refractivity contribution in [1.82, 2.24) is 19.7 Å². The first-order chi connectivity index (χ1) is 17.3. The van der Waals surface area contributed by atoms with Crippen LogP contribution >= 0.6 is 11.8 Å². The Balaban J connectivity index is 1.47. The Kier molecular flexibility index (Phi) is 8.11. The van der Waals surface area contributed by atoms with Gasteiger partial charge in [0.2, 0.25) is 5.78 Å². The average Bonchev–Trinajstić information content (AvgIpc) is 3.30. The van der Waals surface area contributed by atoms with Crippen LogP contribution in [-0.4, -0.2) is 81.6 Å². The first-order valence-electron chi connectivity index (χ1n) is 12.0. The van der Waals surface area contributed by atoms with E-state index in [1.54, 1.807) is 55.3 Å². The molecule has 36 heavy (non-hydrogen) atoms. The number of nitrogens with zero attached hydrogens (tertiary/aromatic N) is 3. The number of H-pyrrole nitrogens is 1. The van der Waals surface area contributed by atoms with Gasteiger partial charge in [-0.15, -0.1) is 11.8 Å². The number of halogens is 1. The molecule has 0 saturated carbocycles. The molecule has 1 fully saturated rings. The van der Waals surface area contributed by atoms with E-state index in [1.165, 1.54) is 17.0 Å². The Bertz CT molecular complexity index is 1260. The molecule has 2 heterocycles. The van der Waals surface area contributed by atoms with E-state index in [9.17, 15) is 18.8 Å². The van der Waals surface area contributed by atoms with Gasteiger partial charge in [0.1, 0.15) is 5.82 Å². The van der Waals surface area contributed by atoms with Gasteiger partial charge in [-0.05, 0) is 48.6 Å². The van der Waals surface area contributed by atoms with Crippen LogP contribution in [0.25, 0.3) is 10.9 Å². The summed E-state index contributed by atoms with van der Waals surface area (Å²) in [6.07, 6.45) is 1.67. The lowest BCUT2D eigenvalue weighted by atomic mass is 10.0. The number of thioether (sulfide) groups is 1. The molecule has 0 aliphatic carbocycles. The molecule has 1 aliphatic heterocycles. The zero-order valence-electron chi connectivity index (χ0n) is 20.8. The van der Waals surface area contributed by atoms with Crippen molar-refractivity contribution in [3.63, 3.8) is 0 Å². The van der Waals surface area contributed by atoms with Crippen molar-refractivity contribution in [3.8, 4) is 0 Å². The number of carbonyl (C=O) groups excluding carboxylic acids is 3. The number of rotatable bonds is 8. The number of nitrogens with one attached hydrogen (secondary N) is 1. The molecule has 1 aliphatic rings. The maximum absolute atomic E-state index is 13.5. The van der Waals surface area contributed by atoms with Crippen LogP contribution in [0.4, 0.5) is 4.39 Å². The summed E-state index contributed by atoms with van der Waals surface area (Å²) in [6, 6.07) is 11.5. The van der Waals surface area contributed by atoms with E-state index < -0.39 is 11.7 Å². The highest BCUT2D eigenvalue weighted by Gasteiger charge is 2.30. The standard InChI is InChI=1S/C27H31FN4O3S/c1-4-36-17-30(3)27(35)25(33)20-7-10-24-22(13-20)23(14-29-24)26(34)32-12-11-31(15-18(32)2)16-19-5-8-21(28)9-6-19/h5-10,13-14,18,29H,4,11-12,15-17H2,1-3H3/t18-/m1/s1.